The summed E-state index contributed by atoms with van der Waals surface area (Å²) in [6, 6.07) is 18.6. The van der Waals surface area contributed by atoms with Gasteiger partial charge >= 0.3 is 5.97 Å². The lowest BCUT2D eigenvalue weighted by Gasteiger charge is -2.34. The molecule has 4 heteroatoms. The van der Waals surface area contributed by atoms with E-state index in [1.54, 1.807) is 35.4 Å². The summed E-state index contributed by atoms with van der Waals surface area (Å²) in [4.78, 5) is 30.4. The molecule has 0 atom stereocenters. The number of rotatable bonds is 5. The number of nitrogens with zero attached hydrogens (tertiary/aromatic N) is 1. The number of ketones is 1. The fourth-order valence-electron chi connectivity index (χ4n) is 3.14. The summed E-state index contributed by atoms with van der Waals surface area (Å²) in [6.07, 6.45) is 2.78. The molecule has 0 spiro atoms. The van der Waals surface area contributed by atoms with Crippen molar-refractivity contribution in [2.24, 2.45) is 5.41 Å². The van der Waals surface area contributed by atoms with E-state index in [0.717, 1.165) is 11.3 Å². The van der Waals surface area contributed by atoms with E-state index in [-0.39, 0.29) is 11.2 Å². The molecular weight excluding hydrogens is 326 g/mol. The quantitative estimate of drug-likeness (QED) is 0.744. The van der Waals surface area contributed by atoms with Gasteiger partial charge in [0.1, 0.15) is 0 Å². The minimum Gasteiger partial charge on any atom is -0.335 e. The van der Waals surface area contributed by atoms with E-state index in [1.807, 2.05) is 36.4 Å². The van der Waals surface area contributed by atoms with Gasteiger partial charge in [-0.15, -0.1) is 0 Å². The van der Waals surface area contributed by atoms with Crippen molar-refractivity contribution in [3.8, 4) is 0 Å². The second-order valence-electron chi connectivity index (χ2n) is 7.39. The minimum atomic E-state index is -0.432. The third kappa shape index (κ3) is 4.60. The summed E-state index contributed by atoms with van der Waals surface area (Å²) < 4.78 is 0. The van der Waals surface area contributed by atoms with Crippen LogP contribution in [0.2, 0.25) is 0 Å². The summed E-state index contributed by atoms with van der Waals surface area (Å²) in [5.41, 5.74) is 2.06. The van der Waals surface area contributed by atoms with Crippen LogP contribution >= 0.6 is 0 Å². The molecule has 4 nitrogen and oxygen atoms in total. The molecule has 0 fully saturated rings. The van der Waals surface area contributed by atoms with Crippen LogP contribution in [0, 0.1) is 5.41 Å². The predicted octanol–water partition coefficient (Wildman–Crippen LogP) is 4.53. The molecule has 0 amide bonds. The van der Waals surface area contributed by atoms with E-state index in [1.165, 1.54) is 0 Å². The van der Waals surface area contributed by atoms with Gasteiger partial charge in [0, 0.05) is 12.5 Å². The van der Waals surface area contributed by atoms with Crippen molar-refractivity contribution in [2.45, 2.75) is 33.2 Å². The third-order valence-electron chi connectivity index (χ3n) is 4.33. The van der Waals surface area contributed by atoms with Crippen LogP contribution in [-0.4, -0.2) is 16.8 Å². The highest BCUT2D eigenvalue weighted by molar-refractivity contribution is 5.92. The molecule has 0 saturated carbocycles. The van der Waals surface area contributed by atoms with Crippen LogP contribution < -0.4 is 0 Å². The Labute approximate surface area is 154 Å². The molecule has 134 valence electrons. The second-order valence-corrected chi connectivity index (χ2v) is 7.39. The minimum absolute atomic E-state index is 0.0603. The van der Waals surface area contributed by atoms with Crippen molar-refractivity contribution < 1.29 is 14.4 Å². The van der Waals surface area contributed by atoms with Crippen LogP contribution in [0.25, 0.3) is 0 Å². The van der Waals surface area contributed by atoms with Crippen LogP contribution in [-0.2, 0) is 16.2 Å². The Hall–Kier alpha value is -2.88. The molecule has 1 aliphatic rings. The van der Waals surface area contributed by atoms with Crippen LogP contribution in [0.15, 0.2) is 72.4 Å². The molecule has 0 saturated heterocycles. The zero-order chi connectivity index (χ0) is 18.6. The van der Waals surface area contributed by atoms with Crippen molar-refractivity contribution in [2.75, 3.05) is 0 Å². The van der Waals surface area contributed by atoms with Crippen molar-refractivity contribution in [1.82, 2.24) is 5.06 Å². The zero-order valence-corrected chi connectivity index (χ0v) is 15.1. The van der Waals surface area contributed by atoms with E-state index in [2.05, 4.69) is 13.8 Å². The summed E-state index contributed by atoms with van der Waals surface area (Å²) in [5, 5.41) is 1.56. The van der Waals surface area contributed by atoms with Gasteiger partial charge in [0.25, 0.3) is 0 Å². The zero-order valence-electron chi connectivity index (χ0n) is 15.1. The fraction of sp³-hybridized carbons (Fsp3) is 0.273. The average molecular weight is 349 g/mol. The van der Waals surface area contributed by atoms with Gasteiger partial charge in [0.15, 0.2) is 5.78 Å². The van der Waals surface area contributed by atoms with Gasteiger partial charge < -0.3 is 4.84 Å². The maximum atomic E-state index is 12.6. The van der Waals surface area contributed by atoms with Gasteiger partial charge in [0.05, 0.1) is 17.8 Å². The Kier molecular flexibility index (Phi) is 5.21. The maximum absolute atomic E-state index is 12.6. The first-order valence-electron chi connectivity index (χ1n) is 8.75. The van der Waals surface area contributed by atoms with Crippen LogP contribution in [0.1, 0.15) is 42.6 Å². The number of allylic oxidation sites excluding steroid dienone is 2. The van der Waals surface area contributed by atoms with Crippen molar-refractivity contribution in [3.63, 3.8) is 0 Å². The topological polar surface area (TPSA) is 46.6 Å². The van der Waals surface area contributed by atoms with E-state index >= 15 is 0 Å². The van der Waals surface area contributed by atoms with Gasteiger partial charge in [-0.3, -0.25) is 4.79 Å². The molecule has 0 radical (unpaired) electrons. The first kappa shape index (κ1) is 17.9. The highest BCUT2D eigenvalue weighted by Crippen LogP contribution is 2.35. The fourth-order valence-corrected chi connectivity index (χ4v) is 3.14. The highest BCUT2D eigenvalue weighted by Gasteiger charge is 2.31. The molecule has 2 aromatic rings. The summed E-state index contributed by atoms with van der Waals surface area (Å²) in [7, 11) is 0. The monoisotopic (exact) mass is 349 g/mol. The SMILES string of the molecule is CC1(C)CC(=O)C=C(N(Cc2ccccc2)OC(=O)c2ccccc2)C1. The van der Waals surface area contributed by atoms with E-state index < -0.39 is 5.97 Å². The molecule has 0 heterocycles. The van der Waals surface area contributed by atoms with Crippen molar-refractivity contribution in [3.05, 3.63) is 83.6 Å². The van der Waals surface area contributed by atoms with E-state index in [0.29, 0.717) is 24.9 Å². The number of benzene rings is 2. The van der Waals surface area contributed by atoms with Gasteiger partial charge in [0.2, 0.25) is 0 Å². The first-order chi connectivity index (χ1) is 12.4. The molecule has 3 rings (SSSR count). The number of hydroxylamine groups is 2. The lowest BCUT2D eigenvalue weighted by atomic mass is 9.79. The Morgan fingerprint density at radius 2 is 1.62 bits per heavy atom. The third-order valence-corrected chi connectivity index (χ3v) is 4.33. The molecule has 0 aromatic heterocycles. The number of carbonyl (C=O) groups excluding carboxylic acids is 2. The van der Waals surface area contributed by atoms with Crippen LogP contribution in [0.5, 0.6) is 0 Å². The molecule has 0 aliphatic heterocycles. The molecule has 2 aromatic carbocycles. The Morgan fingerprint density at radius 1 is 1.00 bits per heavy atom. The number of hydrogen-bond donors (Lipinski definition) is 0. The van der Waals surface area contributed by atoms with Crippen molar-refractivity contribution >= 4 is 11.8 Å². The lowest BCUT2D eigenvalue weighted by Crippen LogP contribution is -2.33. The number of carbonyl (C=O) groups is 2. The molecule has 1 aliphatic carbocycles. The normalized spacial score (nSPS) is 15.9. The summed E-state index contributed by atoms with van der Waals surface area (Å²) in [5.74, 6) is -0.372. The predicted molar refractivity (Wildman–Crippen MR) is 99.9 cm³/mol. The summed E-state index contributed by atoms with van der Waals surface area (Å²) >= 11 is 0. The van der Waals surface area contributed by atoms with Crippen molar-refractivity contribution in [1.29, 1.82) is 0 Å². The summed E-state index contributed by atoms with van der Waals surface area (Å²) in [6.45, 7) is 4.50. The van der Waals surface area contributed by atoms with Gasteiger partial charge in [-0.05, 0) is 29.5 Å². The molecule has 0 N–H and O–H groups in total. The van der Waals surface area contributed by atoms with Crippen LogP contribution in [0.3, 0.4) is 0 Å². The maximum Gasteiger partial charge on any atom is 0.363 e. The second kappa shape index (κ2) is 7.56. The van der Waals surface area contributed by atoms with Gasteiger partial charge in [-0.25, -0.2) is 9.86 Å². The molecule has 0 bridgehead atoms. The van der Waals surface area contributed by atoms with Gasteiger partial charge in [-0.2, -0.15) is 0 Å². The largest absolute Gasteiger partial charge is 0.363 e. The number of hydrogen-bond acceptors (Lipinski definition) is 4. The Bertz CT molecular complexity index is 810. The molecular formula is C22H23NO3. The van der Waals surface area contributed by atoms with E-state index in [9.17, 15) is 9.59 Å². The average Bonchev–Trinajstić information content (AvgIpc) is 2.61. The Morgan fingerprint density at radius 3 is 2.23 bits per heavy atom. The van der Waals surface area contributed by atoms with Crippen LogP contribution in [0.4, 0.5) is 0 Å². The molecule has 26 heavy (non-hydrogen) atoms. The smallest absolute Gasteiger partial charge is 0.335 e. The Balaban J connectivity index is 1.87. The van der Waals surface area contributed by atoms with E-state index in [4.69, 9.17) is 4.84 Å². The lowest BCUT2D eigenvalue weighted by molar-refractivity contribution is -0.121. The standard InChI is InChI=1S/C22H23NO3/c1-22(2)14-19(13-20(24)15-22)23(16-17-9-5-3-6-10-17)26-21(25)18-11-7-4-8-12-18/h3-13H,14-16H2,1-2H3. The highest BCUT2D eigenvalue weighted by atomic mass is 16.7. The first-order valence-corrected chi connectivity index (χ1v) is 8.75. The van der Waals surface area contributed by atoms with Gasteiger partial charge in [-0.1, -0.05) is 62.4 Å². The molecule has 0 unspecified atom stereocenters.